The van der Waals surface area contributed by atoms with Crippen LogP contribution in [-0.2, 0) is 0 Å². The van der Waals surface area contributed by atoms with Crippen molar-refractivity contribution >= 4 is 28.9 Å². The predicted molar refractivity (Wildman–Crippen MR) is 53.0 cm³/mol. The first-order valence-corrected chi connectivity index (χ1v) is 4.42. The zero-order valence-electron chi connectivity index (χ0n) is 6.94. The smallest absolute Gasteiger partial charge is 0.0855 e. The maximum atomic E-state index is 5.90. The summed E-state index contributed by atoms with van der Waals surface area (Å²) < 4.78 is 0. The Kier molecular flexibility index (Phi) is 3.18. The van der Waals surface area contributed by atoms with Crippen LogP contribution in [0.1, 0.15) is 13.8 Å². The van der Waals surface area contributed by atoms with Crippen LogP contribution in [-0.4, -0.2) is 11.0 Å². The number of anilines is 1. The molecule has 1 aromatic rings. The van der Waals surface area contributed by atoms with E-state index in [0.717, 1.165) is 5.69 Å². The molecule has 0 fully saturated rings. The Bertz CT molecular complexity index is 274. The van der Waals surface area contributed by atoms with Crippen molar-refractivity contribution in [1.29, 1.82) is 0 Å². The molecule has 0 aliphatic heterocycles. The maximum absolute atomic E-state index is 5.90. The third-order valence-corrected chi connectivity index (χ3v) is 2.07. The van der Waals surface area contributed by atoms with Crippen LogP contribution in [0.2, 0.25) is 10.0 Å². The number of nitrogens with zero attached hydrogens (tertiary/aromatic N) is 1. The highest BCUT2D eigenvalue weighted by Gasteiger charge is 2.04. The number of halogens is 2. The van der Waals surface area contributed by atoms with Crippen LogP contribution in [0.3, 0.4) is 0 Å². The molecule has 0 aromatic carbocycles. The van der Waals surface area contributed by atoms with Gasteiger partial charge in [0, 0.05) is 12.2 Å². The third-order valence-electron chi connectivity index (χ3n) is 1.28. The van der Waals surface area contributed by atoms with E-state index in [1.165, 1.54) is 6.20 Å². The Morgan fingerprint density at radius 1 is 1.33 bits per heavy atom. The maximum Gasteiger partial charge on any atom is 0.0855 e. The molecule has 0 amide bonds. The Morgan fingerprint density at radius 3 is 2.58 bits per heavy atom. The fourth-order valence-corrected chi connectivity index (χ4v) is 1.14. The molecule has 4 heteroatoms. The predicted octanol–water partition coefficient (Wildman–Crippen LogP) is 3.21. The zero-order valence-corrected chi connectivity index (χ0v) is 8.45. The molecule has 12 heavy (non-hydrogen) atoms. The van der Waals surface area contributed by atoms with E-state index in [1.807, 2.05) is 13.8 Å². The second-order valence-corrected chi connectivity index (χ2v) is 3.57. The Balaban J connectivity index is 2.92. The third kappa shape index (κ3) is 2.26. The van der Waals surface area contributed by atoms with Gasteiger partial charge in [-0.25, -0.2) is 0 Å². The highest BCUT2D eigenvalue weighted by molar-refractivity contribution is 6.43. The minimum absolute atomic E-state index is 0.322. The molecule has 1 heterocycles. The van der Waals surface area contributed by atoms with Gasteiger partial charge in [0.2, 0.25) is 0 Å². The largest absolute Gasteiger partial charge is 0.380 e. The number of nitrogens with one attached hydrogen (secondary N) is 1. The summed E-state index contributed by atoms with van der Waals surface area (Å²) in [6.45, 7) is 4.05. The standard InChI is InChI=1S/C8H10Cl2N2/c1-5(2)12-7-4-11-3-6(9)8(7)10/h3-5,12H,1-2H3. The average Bonchev–Trinajstić information content (AvgIpc) is 1.98. The molecule has 0 saturated carbocycles. The highest BCUT2D eigenvalue weighted by Crippen LogP contribution is 2.28. The topological polar surface area (TPSA) is 24.9 Å². The van der Waals surface area contributed by atoms with Gasteiger partial charge in [-0.3, -0.25) is 4.98 Å². The lowest BCUT2D eigenvalue weighted by molar-refractivity contribution is 0.898. The summed E-state index contributed by atoms with van der Waals surface area (Å²) in [6, 6.07) is 0.322. The molecule has 0 bridgehead atoms. The molecule has 1 rings (SSSR count). The first-order chi connectivity index (χ1) is 5.61. The van der Waals surface area contributed by atoms with Crippen molar-refractivity contribution in [3.63, 3.8) is 0 Å². The minimum atomic E-state index is 0.322. The van der Waals surface area contributed by atoms with E-state index in [1.54, 1.807) is 6.20 Å². The molecule has 0 unspecified atom stereocenters. The molecule has 0 aliphatic carbocycles. The van der Waals surface area contributed by atoms with Crippen molar-refractivity contribution < 1.29 is 0 Å². The Labute approximate surface area is 81.9 Å². The number of rotatable bonds is 2. The van der Waals surface area contributed by atoms with Gasteiger partial charge >= 0.3 is 0 Å². The zero-order chi connectivity index (χ0) is 9.14. The van der Waals surface area contributed by atoms with E-state index in [9.17, 15) is 0 Å². The summed E-state index contributed by atoms with van der Waals surface area (Å²) in [4.78, 5) is 3.92. The van der Waals surface area contributed by atoms with Crippen LogP contribution in [0.25, 0.3) is 0 Å². The van der Waals surface area contributed by atoms with Crippen molar-refractivity contribution in [2.75, 3.05) is 5.32 Å². The van der Waals surface area contributed by atoms with E-state index in [4.69, 9.17) is 23.2 Å². The lowest BCUT2D eigenvalue weighted by atomic mass is 10.3. The van der Waals surface area contributed by atoms with Crippen LogP contribution in [0.5, 0.6) is 0 Å². The van der Waals surface area contributed by atoms with E-state index in [0.29, 0.717) is 16.1 Å². The van der Waals surface area contributed by atoms with E-state index in [-0.39, 0.29) is 0 Å². The Hall–Kier alpha value is -0.470. The van der Waals surface area contributed by atoms with Crippen molar-refractivity contribution in [3.8, 4) is 0 Å². The van der Waals surface area contributed by atoms with Crippen LogP contribution in [0.15, 0.2) is 12.4 Å². The van der Waals surface area contributed by atoms with Crippen LogP contribution in [0.4, 0.5) is 5.69 Å². The molecule has 0 spiro atoms. The molecule has 0 saturated heterocycles. The highest BCUT2D eigenvalue weighted by atomic mass is 35.5. The number of hydrogen-bond acceptors (Lipinski definition) is 2. The minimum Gasteiger partial charge on any atom is -0.380 e. The molecular weight excluding hydrogens is 195 g/mol. The first-order valence-electron chi connectivity index (χ1n) is 3.67. The SMILES string of the molecule is CC(C)Nc1cncc(Cl)c1Cl. The number of pyridine rings is 1. The van der Waals surface area contributed by atoms with Crippen molar-refractivity contribution in [2.45, 2.75) is 19.9 Å². The fourth-order valence-electron chi connectivity index (χ4n) is 0.831. The summed E-state index contributed by atoms with van der Waals surface area (Å²) in [5, 5.41) is 4.14. The molecule has 66 valence electrons. The van der Waals surface area contributed by atoms with Gasteiger partial charge in [-0.15, -0.1) is 0 Å². The second kappa shape index (κ2) is 3.97. The van der Waals surface area contributed by atoms with Gasteiger partial charge in [-0.1, -0.05) is 23.2 Å². The van der Waals surface area contributed by atoms with Crippen molar-refractivity contribution in [3.05, 3.63) is 22.4 Å². The van der Waals surface area contributed by atoms with Gasteiger partial charge in [0.1, 0.15) is 0 Å². The van der Waals surface area contributed by atoms with Crippen LogP contribution < -0.4 is 5.32 Å². The summed E-state index contributed by atoms with van der Waals surface area (Å²) >= 11 is 11.7. The molecule has 0 radical (unpaired) electrons. The molecule has 1 N–H and O–H groups in total. The van der Waals surface area contributed by atoms with Gasteiger partial charge in [0.15, 0.2) is 0 Å². The first kappa shape index (κ1) is 9.62. The summed E-state index contributed by atoms with van der Waals surface area (Å²) in [5.74, 6) is 0. The normalized spacial score (nSPS) is 10.4. The Morgan fingerprint density at radius 2 is 2.00 bits per heavy atom. The monoisotopic (exact) mass is 204 g/mol. The summed E-state index contributed by atoms with van der Waals surface area (Å²) in [6.07, 6.45) is 3.18. The lowest BCUT2D eigenvalue weighted by Gasteiger charge is -2.11. The summed E-state index contributed by atoms with van der Waals surface area (Å²) in [5.41, 5.74) is 0.777. The number of hydrogen-bond donors (Lipinski definition) is 1. The number of aromatic nitrogens is 1. The lowest BCUT2D eigenvalue weighted by Crippen LogP contribution is -2.10. The quantitative estimate of drug-likeness (QED) is 0.801. The van der Waals surface area contributed by atoms with Crippen molar-refractivity contribution in [2.24, 2.45) is 0 Å². The summed E-state index contributed by atoms with van der Waals surface area (Å²) in [7, 11) is 0. The second-order valence-electron chi connectivity index (χ2n) is 2.78. The van der Waals surface area contributed by atoms with Gasteiger partial charge in [-0.2, -0.15) is 0 Å². The average molecular weight is 205 g/mol. The molecular formula is C8H10Cl2N2. The van der Waals surface area contributed by atoms with Gasteiger partial charge in [-0.05, 0) is 13.8 Å². The molecule has 1 aromatic heterocycles. The molecule has 0 atom stereocenters. The van der Waals surface area contributed by atoms with Crippen molar-refractivity contribution in [1.82, 2.24) is 4.98 Å². The van der Waals surface area contributed by atoms with Gasteiger partial charge in [0.05, 0.1) is 21.9 Å². The van der Waals surface area contributed by atoms with Gasteiger partial charge in [0.25, 0.3) is 0 Å². The molecule has 2 nitrogen and oxygen atoms in total. The van der Waals surface area contributed by atoms with E-state index in [2.05, 4.69) is 10.3 Å². The van der Waals surface area contributed by atoms with E-state index >= 15 is 0 Å². The van der Waals surface area contributed by atoms with E-state index < -0.39 is 0 Å². The van der Waals surface area contributed by atoms with Gasteiger partial charge < -0.3 is 5.32 Å². The van der Waals surface area contributed by atoms with Crippen LogP contribution >= 0.6 is 23.2 Å². The molecule has 0 aliphatic rings. The van der Waals surface area contributed by atoms with Crippen LogP contribution in [0, 0.1) is 0 Å². The fraction of sp³-hybridized carbons (Fsp3) is 0.375.